The molecule has 1 saturated heterocycles. The van der Waals surface area contributed by atoms with Crippen molar-refractivity contribution in [1.29, 1.82) is 0 Å². The molecule has 1 aliphatic rings. The molecular formula is C15H24O4. The Morgan fingerprint density at radius 1 is 1.47 bits per heavy atom. The van der Waals surface area contributed by atoms with Crippen molar-refractivity contribution in [3.8, 4) is 0 Å². The van der Waals surface area contributed by atoms with Gasteiger partial charge in [0, 0.05) is 17.4 Å². The maximum atomic E-state index is 11.7. The van der Waals surface area contributed by atoms with E-state index >= 15 is 0 Å². The van der Waals surface area contributed by atoms with Crippen molar-refractivity contribution in [1.82, 2.24) is 0 Å². The summed E-state index contributed by atoms with van der Waals surface area (Å²) in [5, 5.41) is 0. The van der Waals surface area contributed by atoms with Crippen LogP contribution in [0.5, 0.6) is 0 Å². The number of rotatable bonds is 6. The second-order valence-corrected chi connectivity index (χ2v) is 5.34. The van der Waals surface area contributed by atoms with Crippen LogP contribution in [0.4, 0.5) is 0 Å². The van der Waals surface area contributed by atoms with Crippen LogP contribution >= 0.6 is 0 Å². The Morgan fingerprint density at radius 3 is 2.47 bits per heavy atom. The van der Waals surface area contributed by atoms with Gasteiger partial charge in [0.2, 0.25) is 0 Å². The molecule has 1 heterocycles. The number of carbonyl (C=O) groups is 2. The molecule has 0 bridgehead atoms. The maximum Gasteiger partial charge on any atom is 0.333 e. The highest BCUT2D eigenvalue weighted by Crippen LogP contribution is 2.33. The van der Waals surface area contributed by atoms with Gasteiger partial charge in [-0.25, -0.2) is 4.79 Å². The molecule has 0 aromatic carbocycles. The van der Waals surface area contributed by atoms with E-state index in [2.05, 4.69) is 6.58 Å². The van der Waals surface area contributed by atoms with Crippen LogP contribution in [0.15, 0.2) is 12.2 Å². The summed E-state index contributed by atoms with van der Waals surface area (Å²) in [6.07, 6.45) is 1.59. The van der Waals surface area contributed by atoms with E-state index < -0.39 is 0 Å². The van der Waals surface area contributed by atoms with Crippen molar-refractivity contribution < 1.29 is 19.1 Å². The molecule has 19 heavy (non-hydrogen) atoms. The van der Waals surface area contributed by atoms with Crippen LogP contribution < -0.4 is 0 Å². The number of cyclic esters (lactones) is 1. The zero-order valence-corrected chi connectivity index (χ0v) is 12.3. The van der Waals surface area contributed by atoms with Crippen LogP contribution in [0.25, 0.3) is 0 Å². The highest BCUT2D eigenvalue weighted by atomic mass is 16.6. The molecule has 1 fully saturated rings. The summed E-state index contributed by atoms with van der Waals surface area (Å²) >= 11 is 0. The molecule has 4 atom stereocenters. The lowest BCUT2D eigenvalue weighted by atomic mass is 9.85. The number of carbonyl (C=O) groups excluding carboxylic acids is 2. The van der Waals surface area contributed by atoms with Gasteiger partial charge in [0.05, 0.1) is 6.42 Å². The summed E-state index contributed by atoms with van der Waals surface area (Å²) in [4.78, 5) is 23.0. The molecule has 1 rings (SSSR count). The molecule has 108 valence electrons. The Kier molecular flexibility index (Phi) is 5.58. The third-order valence-corrected chi connectivity index (χ3v) is 3.70. The van der Waals surface area contributed by atoms with Gasteiger partial charge < -0.3 is 9.47 Å². The molecule has 4 unspecified atom stereocenters. The zero-order chi connectivity index (χ0) is 14.6. The Balaban J connectivity index is 2.78. The molecule has 0 saturated carbocycles. The molecule has 0 spiro atoms. The Hall–Kier alpha value is -1.32. The number of hydrogen-bond acceptors (Lipinski definition) is 4. The van der Waals surface area contributed by atoms with Crippen molar-refractivity contribution in [2.75, 3.05) is 0 Å². The van der Waals surface area contributed by atoms with E-state index in [4.69, 9.17) is 9.47 Å². The molecule has 0 amide bonds. The lowest BCUT2D eigenvalue weighted by molar-refractivity contribution is -0.154. The summed E-state index contributed by atoms with van der Waals surface area (Å²) in [6, 6.07) is 0. The predicted molar refractivity (Wildman–Crippen MR) is 72.4 cm³/mol. The van der Waals surface area contributed by atoms with Gasteiger partial charge >= 0.3 is 11.9 Å². The van der Waals surface area contributed by atoms with Crippen molar-refractivity contribution >= 4 is 11.9 Å². The van der Waals surface area contributed by atoms with E-state index in [1.165, 1.54) is 0 Å². The molecule has 4 heteroatoms. The molecular weight excluding hydrogens is 244 g/mol. The molecule has 0 aromatic heterocycles. The van der Waals surface area contributed by atoms with Crippen LogP contribution in [-0.4, -0.2) is 24.1 Å². The summed E-state index contributed by atoms with van der Waals surface area (Å²) in [5.74, 6) is -0.302. The van der Waals surface area contributed by atoms with Gasteiger partial charge in [-0.1, -0.05) is 27.4 Å². The molecule has 0 radical (unpaired) electrons. The topological polar surface area (TPSA) is 52.6 Å². The van der Waals surface area contributed by atoms with Crippen molar-refractivity contribution in [2.45, 2.75) is 59.2 Å². The van der Waals surface area contributed by atoms with Crippen molar-refractivity contribution in [2.24, 2.45) is 11.8 Å². The number of ether oxygens (including phenoxy) is 2. The van der Waals surface area contributed by atoms with E-state index in [9.17, 15) is 9.59 Å². The smallest absolute Gasteiger partial charge is 0.333 e. The first-order valence-corrected chi connectivity index (χ1v) is 6.96. The third kappa shape index (κ3) is 3.82. The fraction of sp³-hybridized carbons (Fsp3) is 0.733. The van der Waals surface area contributed by atoms with E-state index in [1.807, 2.05) is 20.8 Å². The number of esters is 2. The van der Waals surface area contributed by atoms with Gasteiger partial charge in [-0.05, 0) is 19.8 Å². The minimum Gasteiger partial charge on any atom is -0.462 e. The minimum atomic E-state index is -0.373. The molecule has 4 nitrogen and oxygen atoms in total. The predicted octanol–water partition coefficient (Wildman–Crippen LogP) is 2.86. The minimum absolute atomic E-state index is 0.0507. The first kappa shape index (κ1) is 15.7. The Labute approximate surface area is 115 Å². The van der Waals surface area contributed by atoms with E-state index in [0.29, 0.717) is 18.4 Å². The lowest BCUT2D eigenvalue weighted by Crippen LogP contribution is -2.37. The second-order valence-electron chi connectivity index (χ2n) is 5.34. The lowest BCUT2D eigenvalue weighted by Gasteiger charge is -2.31. The fourth-order valence-corrected chi connectivity index (χ4v) is 2.62. The van der Waals surface area contributed by atoms with Crippen LogP contribution in [0.3, 0.4) is 0 Å². The fourth-order valence-electron chi connectivity index (χ4n) is 2.62. The Morgan fingerprint density at radius 2 is 2.11 bits per heavy atom. The average molecular weight is 268 g/mol. The second kappa shape index (κ2) is 6.73. The van der Waals surface area contributed by atoms with Crippen molar-refractivity contribution in [3.05, 3.63) is 12.2 Å². The first-order chi connectivity index (χ1) is 8.90. The summed E-state index contributed by atoms with van der Waals surface area (Å²) in [5.41, 5.74) is 0.393. The molecule has 0 N–H and O–H groups in total. The summed E-state index contributed by atoms with van der Waals surface area (Å²) in [7, 11) is 0. The van der Waals surface area contributed by atoms with Gasteiger partial charge in [0.15, 0.2) is 0 Å². The quantitative estimate of drug-likeness (QED) is 0.549. The highest BCUT2D eigenvalue weighted by molar-refractivity contribution is 5.87. The van der Waals surface area contributed by atoms with Gasteiger partial charge in [0.25, 0.3) is 0 Å². The van der Waals surface area contributed by atoms with Crippen LogP contribution in [0.1, 0.15) is 47.0 Å². The molecule has 0 aromatic rings. The third-order valence-electron chi connectivity index (χ3n) is 3.70. The molecule has 1 aliphatic heterocycles. The van der Waals surface area contributed by atoms with E-state index in [1.54, 1.807) is 6.92 Å². The van der Waals surface area contributed by atoms with E-state index in [-0.39, 0.29) is 36.0 Å². The van der Waals surface area contributed by atoms with E-state index in [0.717, 1.165) is 6.42 Å². The monoisotopic (exact) mass is 268 g/mol. The summed E-state index contributed by atoms with van der Waals surface area (Å²) < 4.78 is 10.9. The average Bonchev–Trinajstić information content (AvgIpc) is 2.67. The zero-order valence-electron chi connectivity index (χ0n) is 12.3. The van der Waals surface area contributed by atoms with Gasteiger partial charge in [-0.2, -0.15) is 0 Å². The van der Waals surface area contributed by atoms with Gasteiger partial charge in [-0.15, -0.1) is 0 Å². The van der Waals surface area contributed by atoms with Crippen LogP contribution in [-0.2, 0) is 19.1 Å². The van der Waals surface area contributed by atoms with Gasteiger partial charge in [0.1, 0.15) is 12.2 Å². The standard InChI is InChI=1S/C15H24O4/c1-6-11(14-10(5)8-13(16)19-14)12(7-2)18-15(17)9(3)4/h10-12,14H,3,6-8H2,1-2,4-5H3. The normalized spacial score (nSPS) is 25.6. The van der Waals surface area contributed by atoms with Crippen LogP contribution in [0, 0.1) is 11.8 Å². The number of hydrogen-bond donors (Lipinski definition) is 0. The SMILES string of the molecule is C=C(C)C(=O)OC(CC)C(CC)C1OC(=O)CC1C. The first-order valence-electron chi connectivity index (χ1n) is 6.96. The largest absolute Gasteiger partial charge is 0.462 e. The van der Waals surface area contributed by atoms with Crippen molar-refractivity contribution in [3.63, 3.8) is 0 Å². The summed E-state index contributed by atoms with van der Waals surface area (Å²) in [6.45, 7) is 11.2. The Bertz CT molecular complexity index is 361. The maximum absolute atomic E-state index is 11.7. The molecule has 0 aliphatic carbocycles. The highest BCUT2D eigenvalue weighted by Gasteiger charge is 2.40. The van der Waals surface area contributed by atoms with Crippen LogP contribution in [0.2, 0.25) is 0 Å². The van der Waals surface area contributed by atoms with Gasteiger partial charge in [-0.3, -0.25) is 4.79 Å².